The maximum Gasteiger partial charge on any atom is 0.243 e. The van der Waals surface area contributed by atoms with Crippen LogP contribution in [0.5, 0.6) is 0 Å². The maximum atomic E-state index is 12.3. The van der Waals surface area contributed by atoms with E-state index in [4.69, 9.17) is 0 Å². The Bertz CT molecular complexity index is 703. The van der Waals surface area contributed by atoms with Gasteiger partial charge in [-0.15, -0.1) is 0 Å². The van der Waals surface area contributed by atoms with Crippen LogP contribution in [0.4, 0.5) is 0 Å². The zero-order valence-electron chi connectivity index (χ0n) is 10.6. The second kappa shape index (κ2) is 4.73. The number of benzene rings is 1. The van der Waals surface area contributed by atoms with Gasteiger partial charge < -0.3 is 0 Å². The third-order valence-electron chi connectivity index (χ3n) is 3.08. The van der Waals surface area contributed by atoms with Crippen LogP contribution in [0.3, 0.4) is 0 Å². The molecule has 7 heteroatoms. The molecule has 19 heavy (non-hydrogen) atoms. The molecule has 1 atom stereocenters. The first-order valence-corrected chi connectivity index (χ1v) is 8.83. The highest BCUT2D eigenvalue weighted by Crippen LogP contribution is 2.21. The second-order valence-electron chi connectivity index (χ2n) is 4.56. The van der Waals surface area contributed by atoms with E-state index in [1.54, 1.807) is 12.1 Å². The van der Waals surface area contributed by atoms with Crippen LogP contribution < -0.4 is 0 Å². The molecule has 0 bridgehead atoms. The Morgan fingerprint density at radius 2 is 1.79 bits per heavy atom. The molecular weight excluding hydrogens is 286 g/mol. The summed E-state index contributed by atoms with van der Waals surface area (Å²) in [5, 5.41) is 1.07. The van der Waals surface area contributed by atoms with Crippen LogP contribution in [0.25, 0.3) is 0 Å². The number of likely N-dealkylation sites (N-methyl/N-ethyl adjacent to an activating group) is 1. The van der Waals surface area contributed by atoms with Gasteiger partial charge in [-0.2, -0.15) is 4.31 Å². The molecule has 0 fully saturated rings. The lowest BCUT2D eigenvalue weighted by molar-refractivity contribution is 0.439. The van der Waals surface area contributed by atoms with Crippen LogP contribution >= 0.6 is 0 Å². The summed E-state index contributed by atoms with van der Waals surface area (Å²) >= 11 is 0. The first kappa shape index (κ1) is 14.2. The van der Waals surface area contributed by atoms with Crippen LogP contribution in [0, 0.1) is 6.92 Å². The normalized spacial score (nSPS) is 21.9. The van der Waals surface area contributed by atoms with E-state index in [0.29, 0.717) is 0 Å². The van der Waals surface area contributed by atoms with E-state index >= 15 is 0 Å². The molecule has 1 aromatic rings. The Balaban J connectivity index is 2.31. The van der Waals surface area contributed by atoms with Crippen molar-refractivity contribution < 1.29 is 16.8 Å². The van der Waals surface area contributed by atoms with Gasteiger partial charge in [-0.05, 0) is 19.1 Å². The fraction of sp³-hybridized carbons (Fsp3) is 0.333. The number of rotatable bonds is 3. The van der Waals surface area contributed by atoms with Crippen LogP contribution in [-0.4, -0.2) is 40.0 Å². The summed E-state index contributed by atoms with van der Waals surface area (Å²) in [6.07, 6.45) is 1.40. The van der Waals surface area contributed by atoms with Gasteiger partial charge in [0.15, 0.2) is 9.84 Å². The van der Waals surface area contributed by atoms with Crippen molar-refractivity contribution in [2.24, 2.45) is 0 Å². The molecular formula is C12H15NO4S2. The van der Waals surface area contributed by atoms with Crippen molar-refractivity contribution in [3.63, 3.8) is 0 Å². The molecule has 1 aliphatic heterocycles. The molecule has 1 unspecified atom stereocenters. The average molecular weight is 301 g/mol. The predicted molar refractivity (Wildman–Crippen MR) is 72.8 cm³/mol. The molecule has 1 aromatic carbocycles. The van der Waals surface area contributed by atoms with E-state index in [0.717, 1.165) is 15.3 Å². The van der Waals surface area contributed by atoms with Gasteiger partial charge >= 0.3 is 0 Å². The second-order valence-corrected chi connectivity index (χ2v) is 8.49. The monoisotopic (exact) mass is 301 g/mol. The minimum absolute atomic E-state index is 0.165. The molecule has 0 saturated heterocycles. The third kappa shape index (κ3) is 2.88. The van der Waals surface area contributed by atoms with Gasteiger partial charge in [0.25, 0.3) is 0 Å². The van der Waals surface area contributed by atoms with E-state index in [2.05, 4.69) is 0 Å². The van der Waals surface area contributed by atoms with E-state index < -0.39 is 25.9 Å². The Morgan fingerprint density at radius 3 is 2.26 bits per heavy atom. The lowest BCUT2D eigenvalue weighted by atomic mass is 10.2. The number of sulfonamides is 1. The van der Waals surface area contributed by atoms with Crippen molar-refractivity contribution in [2.45, 2.75) is 17.9 Å². The zero-order chi connectivity index (χ0) is 14.3. The van der Waals surface area contributed by atoms with Gasteiger partial charge in [0.2, 0.25) is 10.0 Å². The van der Waals surface area contributed by atoms with E-state index in [1.807, 2.05) is 6.92 Å². The van der Waals surface area contributed by atoms with Gasteiger partial charge in [-0.1, -0.05) is 23.8 Å². The predicted octanol–water partition coefficient (Wildman–Crippen LogP) is 0.926. The number of aryl methyl sites for hydroxylation is 1. The van der Waals surface area contributed by atoms with Crippen molar-refractivity contribution in [3.8, 4) is 0 Å². The van der Waals surface area contributed by atoms with Crippen LogP contribution in [0.15, 0.2) is 40.6 Å². The quantitative estimate of drug-likeness (QED) is 0.832. The highest BCUT2D eigenvalue weighted by Gasteiger charge is 2.32. The third-order valence-corrected chi connectivity index (χ3v) is 6.35. The maximum absolute atomic E-state index is 12.3. The van der Waals surface area contributed by atoms with Gasteiger partial charge in [0.1, 0.15) is 0 Å². The van der Waals surface area contributed by atoms with Gasteiger partial charge in [0.05, 0.1) is 16.7 Å². The Labute approximate surface area is 113 Å². The van der Waals surface area contributed by atoms with E-state index in [1.165, 1.54) is 25.3 Å². The van der Waals surface area contributed by atoms with Gasteiger partial charge in [-0.3, -0.25) is 0 Å². The SMILES string of the molecule is Cc1ccc(S(=O)(=O)N(C)C2C=CS(=O)(=O)C2)cc1. The molecule has 1 heterocycles. The highest BCUT2D eigenvalue weighted by atomic mass is 32.2. The molecule has 0 saturated carbocycles. The largest absolute Gasteiger partial charge is 0.243 e. The molecule has 104 valence electrons. The standard InChI is InChI=1S/C12H15NO4S2/c1-10-3-5-12(6-4-10)19(16,17)13(2)11-7-8-18(14,15)9-11/h3-8,11H,9H2,1-2H3. The van der Waals surface area contributed by atoms with E-state index in [9.17, 15) is 16.8 Å². The Kier molecular flexibility index (Phi) is 3.55. The number of sulfone groups is 1. The van der Waals surface area contributed by atoms with Crippen molar-refractivity contribution >= 4 is 19.9 Å². The Morgan fingerprint density at radius 1 is 1.21 bits per heavy atom. The van der Waals surface area contributed by atoms with Crippen LogP contribution in [0.1, 0.15) is 5.56 Å². The molecule has 0 radical (unpaired) electrons. The van der Waals surface area contributed by atoms with Crippen molar-refractivity contribution in [3.05, 3.63) is 41.3 Å². The van der Waals surface area contributed by atoms with E-state index in [-0.39, 0.29) is 10.6 Å². The summed E-state index contributed by atoms with van der Waals surface area (Å²) in [5.41, 5.74) is 0.963. The lowest BCUT2D eigenvalue weighted by Crippen LogP contribution is -2.37. The van der Waals surface area contributed by atoms with Crippen LogP contribution in [-0.2, 0) is 19.9 Å². The molecule has 0 aliphatic carbocycles. The summed E-state index contributed by atoms with van der Waals surface area (Å²) in [6.45, 7) is 1.87. The fourth-order valence-corrected chi connectivity index (χ4v) is 4.59. The number of nitrogens with zero attached hydrogens (tertiary/aromatic N) is 1. The van der Waals surface area contributed by atoms with Crippen LogP contribution in [0.2, 0.25) is 0 Å². The summed E-state index contributed by atoms with van der Waals surface area (Å²) in [7, 11) is -5.55. The molecule has 1 aliphatic rings. The Hall–Kier alpha value is -1.18. The summed E-state index contributed by atoms with van der Waals surface area (Å²) < 4.78 is 48.5. The minimum atomic E-state index is -3.67. The molecule has 0 N–H and O–H groups in total. The summed E-state index contributed by atoms with van der Waals surface area (Å²) in [6, 6.07) is 5.82. The minimum Gasteiger partial charge on any atom is -0.224 e. The van der Waals surface area contributed by atoms with Gasteiger partial charge in [-0.25, -0.2) is 16.8 Å². The fourth-order valence-electron chi connectivity index (χ4n) is 1.84. The molecule has 0 amide bonds. The molecule has 0 aromatic heterocycles. The lowest BCUT2D eigenvalue weighted by Gasteiger charge is -2.22. The summed E-state index contributed by atoms with van der Waals surface area (Å²) in [4.78, 5) is 0.165. The topological polar surface area (TPSA) is 71.5 Å². The molecule has 0 spiro atoms. The number of hydrogen-bond acceptors (Lipinski definition) is 4. The zero-order valence-corrected chi connectivity index (χ0v) is 12.3. The van der Waals surface area contributed by atoms with Crippen molar-refractivity contribution in [1.29, 1.82) is 0 Å². The first-order chi connectivity index (χ1) is 8.72. The number of hydrogen-bond donors (Lipinski definition) is 0. The smallest absolute Gasteiger partial charge is 0.224 e. The molecule has 5 nitrogen and oxygen atoms in total. The highest BCUT2D eigenvalue weighted by molar-refractivity contribution is 7.94. The van der Waals surface area contributed by atoms with Crippen molar-refractivity contribution in [1.82, 2.24) is 4.31 Å². The summed E-state index contributed by atoms with van der Waals surface area (Å²) in [5.74, 6) is -0.200. The first-order valence-electron chi connectivity index (χ1n) is 5.68. The molecule has 2 rings (SSSR count). The van der Waals surface area contributed by atoms with Gasteiger partial charge in [0, 0.05) is 12.5 Å². The average Bonchev–Trinajstić information content (AvgIpc) is 2.69. The van der Waals surface area contributed by atoms with Crippen molar-refractivity contribution in [2.75, 3.05) is 12.8 Å².